The maximum absolute atomic E-state index is 13.2. The van der Waals surface area contributed by atoms with E-state index in [1.165, 1.54) is 6.26 Å². The molecule has 0 aliphatic carbocycles. The van der Waals surface area contributed by atoms with E-state index in [0.29, 0.717) is 34.4 Å². The van der Waals surface area contributed by atoms with Crippen molar-refractivity contribution in [1.29, 1.82) is 0 Å². The zero-order valence-corrected chi connectivity index (χ0v) is 25.0. The number of aromatic nitrogens is 3. The molecule has 1 unspecified atom stereocenters. The Morgan fingerprint density at radius 2 is 1.82 bits per heavy atom. The Balaban J connectivity index is 1.65. The van der Waals surface area contributed by atoms with E-state index in [9.17, 15) is 9.00 Å². The van der Waals surface area contributed by atoms with Crippen LogP contribution in [0.2, 0.25) is 5.15 Å². The average Bonchev–Trinajstić information content (AvgIpc) is 3.21. The summed E-state index contributed by atoms with van der Waals surface area (Å²) in [7, 11) is 0.150. The van der Waals surface area contributed by atoms with Gasteiger partial charge in [-0.1, -0.05) is 29.8 Å². The minimum absolute atomic E-state index is 0.290. The first-order chi connectivity index (χ1) is 18.8. The van der Waals surface area contributed by atoms with Gasteiger partial charge in [-0.25, -0.2) is 14.0 Å². The van der Waals surface area contributed by atoms with Crippen molar-refractivity contribution in [3.63, 3.8) is 0 Å². The lowest BCUT2D eigenvalue weighted by Gasteiger charge is -2.17. The summed E-state index contributed by atoms with van der Waals surface area (Å²) in [5.41, 5.74) is 3.07. The molecule has 2 heterocycles. The van der Waals surface area contributed by atoms with Crippen molar-refractivity contribution in [2.24, 2.45) is 4.36 Å². The summed E-state index contributed by atoms with van der Waals surface area (Å²) in [6, 6.07) is 14.4. The van der Waals surface area contributed by atoms with E-state index in [1.54, 1.807) is 63.8 Å². The highest BCUT2D eigenvalue weighted by atomic mass is 35.5. The van der Waals surface area contributed by atoms with Gasteiger partial charge in [-0.2, -0.15) is 9.61 Å². The lowest BCUT2D eigenvalue weighted by molar-refractivity contribution is 0.0607. The second kappa shape index (κ2) is 11.3. The van der Waals surface area contributed by atoms with Crippen LogP contribution in [-0.2, 0) is 21.0 Å². The van der Waals surface area contributed by atoms with Gasteiger partial charge in [-0.15, -0.1) is 4.36 Å². The van der Waals surface area contributed by atoms with Crippen LogP contribution < -0.4 is 14.8 Å². The largest absolute Gasteiger partial charge is 0.493 e. The number of aryl methyl sites for hydroxylation is 1. The van der Waals surface area contributed by atoms with E-state index in [2.05, 4.69) is 14.7 Å². The number of carbonyl (C=O) groups is 1. The fourth-order valence-corrected chi connectivity index (χ4v) is 5.42. The standard InChI is InChI=1S/C28H32ClN5O5S/c1-17-25(19-11-12-21(37-5)22(14-19)38-6)26-31-23(29)15-24(34(26)32-17)30-16-18-9-8-10-20(13-18)40(7,36)33-27(35)39-28(2,3)4/h8-15,30H,16H2,1-7H3. The molecule has 1 atom stereocenters. The average molecular weight is 586 g/mol. The van der Waals surface area contributed by atoms with Crippen molar-refractivity contribution >= 4 is 38.9 Å². The summed E-state index contributed by atoms with van der Waals surface area (Å²) < 4.78 is 34.8. The van der Waals surface area contributed by atoms with Crippen molar-refractivity contribution in [2.45, 2.75) is 44.7 Å². The topological polar surface area (TPSA) is 116 Å². The number of rotatable bonds is 7. The molecule has 212 valence electrons. The normalized spacial score (nSPS) is 13.0. The molecule has 4 rings (SSSR count). The number of halogens is 1. The van der Waals surface area contributed by atoms with Gasteiger partial charge >= 0.3 is 6.09 Å². The van der Waals surface area contributed by atoms with E-state index in [-0.39, 0.29) is 5.15 Å². The van der Waals surface area contributed by atoms with Crippen LogP contribution in [0.3, 0.4) is 0 Å². The number of hydrogen-bond acceptors (Lipinski definition) is 8. The third-order valence-corrected chi connectivity index (χ3v) is 7.68. The molecule has 0 aliphatic rings. The van der Waals surface area contributed by atoms with E-state index in [4.69, 9.17) is 30.9 Å². The molecule has 40 heavy (non-hydrogen) atoms. The maximum Gasteiger partial charge on any atom is 0.442 e. The van der Waals surface area contributed by atoms with Gasteiger partial charge in [0.05, 0.1) is 29.6 Å². The minimum Gasteiger partial charge on any atom is -0.493 e. The van der Waals surface area contributed by atoms with Crippen molar-refractivity contribution in [1.82, 2.24) is 14.6 Å². The molecule has 12 heteroatoms. The van der Waals surface area contributed by atoms with Gasteiger partial charge in [0.1, 0.15) is 16.6 Å². The maximum atomic E-state index is 13.2. The first kappa shape index (κ1) is 29.2. The summed E-state index contributed by atoms with van der Waals surface area (Å²) in [4.78, 5) is 17.1. The minimum atomic E-state index is -3.02. The number of fused-ring (bicyclic) bond motifs is 1. The molecular formula is C28H32ClN5O5S. The third kappa shape index (κ3) is 6.48. The van der Waals surface area contributed by atoms with Crippen molar-refractivity contribution < 1.29 is 23.2 Å². The van der Waals surface area contributed by atoms with Crippen LogP contribution in [0.1, 0.15) is 32.0 Å². The molecular weight excluding hydrogens is 554 g/mol. The van der Waals surface area contributed by atoms with Crippen LogP contribution in [0.5, 0.6) is 11.5 Å². The predicted octanol–water partition coefficient (Wildman–Crippen LogP) is 6.38. The molecule has 1 N–H and O–H groups in total. The Morgan fingerprint density at radius 1 is 1.10 bits per heavy atom. The van der Waals surface area contributed by atoms with Crippen molar-refractivity contribution in [3.8, 4) is 22.6 Å². The fourth-order valence-electron chi connectivity index (χ4n) is 4.11. The number of nitrogens with zero attached hydrogens (tertiary/aromatic N) is 4. The zero-order chi connectivity index (χ0) is 29.2. The molecule has 10 nitrogen and oxygen atoms in total. The molecule has 0 radical (unpaired) electrons. The van der Waals surface area contributed by atoms with Crippen molar-refractivity contribution in [2.75, 3.05) is 25.8 Å². The number of nitrogens with one attached hydrogen (secondary N) is 1. The number of methoxy groups -OCH3 is 2. The summed E-state index contributed by atoms with van der Waals surface area (Å²) in [5, 5.41) is 8.34. The Morgan fingerprint density at radius 3 is 2.50 bits per heavy atom. The number of hydrogen-bond donors (Lipinski definition) is 1. The van der Waals surface area contributed by atoms with Crippen LogP contribution in [0.25, 0.3) is 16.8 Å². The van der Waals surface area contributed by atoms with Crippen LogP contribution >= 0.6 is 11.6 Å². The second-order valence-electron chi connectivity index (χ2n) is 10.1. The van der Waals surface area contributed by atoms with E-state index < -0.39 is 21.4 Å². The molecule has 4 aromatic rings. The quantitative estimate of drug-likeness (QED) is 0.248. The molecule has 0 saturated heterocycles. The molecule has 2 aromatic heterocycles. The summed E-state index contributed by atoms with van der Waals surface area (Å²) in [5.74, 6) is 1.82. The van der Waals surface area contributed by atoms with Gasteiger partial charge in [-0.05, 0) is 63.1 Å². The van der Waals surface area contributed by atoms with Gasteiger partial charge in [-0.3, -0.25) is 0 Å². The first-order valence-electron chi connectivity index (χ1n) is 12.4. The molecule has 0 aliphatic heterocycles. The molecule has 0 bridgehead atoms. The van der Waals surface area contributed by atoms with Gasteiger partial charge in [0.15, 0.2) is 17.1 Å². The predicted molar refractivity (Wildman–Crippen MR) is 156 cm³/mol. The highest BCUT2D eigenvalue weighted by molar-refractivity contribution is 7.93. The first-order valence-corrected chi connectivity index (χ1v) is 14.7. The van der Waals surface area contributed by atoms with Crippen LogP contribution in [-0.4, -0.2) is 51.0 Å². The SMILES string of the molecule is COc1ccc(-c2c(C)nn3c(NCc4cccc(S(C)(=O)=NC(=O)OC(C)(C)C)c4)cc(Cl)nc23)cc1OC. The van der Waals surface area contributed by atoms with Gasteiger partial charge in [0.25, 0.3) is 0 Å². The Bertz CT molecular complexity index is 1700. The monoisotopic (exact) mass is 585 g/mol. The number of benzene rings is 2. The van der Waals surface area contributed by atoms with Crippen LogP contribution in [0.15, 0.2) is 57.8 Å². The summed E-state index contributed by atoms with van der Waals surface area (Å²) >= 11 is 6.43. The zero-order valence-electron chi connectivity index (χ0n) is 23.4. The Hall–Kier alpha value is -3.83. The number of carbonyl (C=O) groups excluding carboxylic acids is 1. The smallest absolute Gasteiger partial charge is 0.442 e. The number of ether oxygens (including phenoxy) is 3. The Labute approximate surface area is 238 Å². The van der Waals surface area contributed by atoms with Gasteiger partial charge in [0, 0.05) is 29.3 Å². The summed E-state index contributed by atoms with van der Waals surface area (Å²) in [6.07, 6.45) is 0.550. The van der Waals surface area contributed by atoms with Crippen LogP contribution in [0, 0.1) is 6.92 Å². The second-order valence-corrected chi connectivity index (χ2v) is 12.8. The highest BCUT2D eigenvalue weighted by Crippen LogP contribution is 2.36. The Kier molecular flexibility index (Phi) is 8.27. The van der Waals surface area contributed by atoms with Gasteiger partial charge in [0.2, 0.25) is 0 Å². The number of amides is 1. The van der Waals surface area contributed by atoms with E-state index >= 15 is 0 Å². The molecule has 0 spiro atoms. The fraction of sp³-hybridized carbons (Fsp3) is 0.321. The van der Waals surface area contributed by atoms with E-state index in [0.717, 1.165) is 22.4 Å². The molecule has 2 aromatic carbocycles. The lowest BCUT2D eigenvalue weighted by Crippen LogP contribution is -2.22. The van der Waals surface area contributed by atoms with Crippen molar-refractivity contribution in [3.05, 3.63) is 64.9 Å². The molecule has 0 fully saturated rings. The van der Waals surface area contributed by atoms with Gasteiger partial charge < -0.3 is 19.5 Å². The van der Waals surface area contributed by atoms with Crippen LogP contribution in [0.4, 0.5) is 10.6 Å². The highest BCUT2D eigenvalue weighted by Gasteiger charge is 2.20. The van der Waals surface area contributed by atoms with E-state index in [1.807, 2.05) is 31.2 Å². The molecule has 1 amide bonds. The number of anilines is 1. The third-order valence-electron chi connectivity index (χ3n) is 5.86. The summed E-state index contributed by atoms with van der Waals surface area (Å²) in [6.45, 7) is 7.43. The molecule has 0 saturated carbocycles. The lowest BCUT2D eigenvalue weighted by atomic mass is 10.1.